The van der Waals surface area contributed by atoms with Crippen LogP contribution < -0.4 is 14.8 Å². The fourth-order valence-corrected chi connectivity index (χ4v) is 4.99. The summed E-state index contributed by atoms with van der Waals surface area (Å²) in [7, 11) is 0. The first-order chi connectivity index (χ1) is 19.4. The summed E-state index contributed by atoms with van der Waals surface area (Å²) in [4.78, 5) is 38.9. The molecule has 0 saturated carbocycles. The molecule has 0 atom stereocenters. The number of amides is 3. The highest BCUT2D eigenvalue weighted by atomic mass is 32.2. The molecule has 7 nitrogen and oxygen atoms in total. The van der Waals surface area contributed by atoms with Crippen LogP contribution in [0.2, 0.25) is 0 Å². The number of thioether (sulfide) groups is 1. The molecule has 0 unspecified atom stereocenters. The number of fused-ring (bicyclic) bond motifs is 1. The van der Waals surface area contributed by atoms with Crippen molar-refractivity contribution in [2.24, 2.45) is 0 Å². The predicted octanol–water partition coefficient (Wildman–Crippen LogP) is 6.63. The predicted molar refractivity (Wildman–Crippen MR) is 154 cm³/mol. The van der Waals surface area contributed by atoms with E-state index in [1.165, 1.54) is 24.3 Å². The van der Waals surface area contributed by atoms with Gasteiger partial charge in [-0.3, -0.25) is 19.3 Å². The molecule has 0 aromatic heterocycles. The Labute approximate surface area is 234 Å². The molecule has 9 heteroatoms. The third-order valence-corrected chi connectivity index (χ3v) is 6.98. The van der Waals surface area contributed by atoms with Gasteiger partial charge in [0.2, 0.25) is 5.91 Å². The Morgan fingerprint density at radius 2 is 1.70 bits per heavy atom. The smallest absolute Gasteiger partial charge is 0.294 e. The maximum Gasteiger partial charge on any atom is 0.294 e. The summed E-state index contributed by atoms with van der Waals surface area (Å²) in [5.41, 5.74) is 2.02. The number of hydrogen-bond acceptors (Lipinski definition) is 6. The topological polar surface area (TPSA) is 84.9 Å². The van der Waals surface area contributed by atoms with E-state index in [9.17, 15) is 18.8 Å². The Bertz CT molecular complexity index is 1620. The van der Waals surface area contributed by atoms with Crippen molar-refractivity contribution in [3.63, 3.8) is 0 Å². The summed E-state index contributed by atoms with van der Waals surface area (Å²) in [6.45, 7) is 2.17. The van der Waals surface area contributed by atoms with Crippen molar-refractivity contribution >= 4 is 51.4 Å². The zero-order chi connectivity index (χ0) is 28.1. The first-order valence-electron chi connectivity index (χ1n) is 12.6. The van der Waals surface area contributed by atoms with Crippen LogP contribution in [0.5, 0.6) is 11.5 Å². The minimum atomic E-state index is -0.571. The lowest BCUT2D eigenvalue weighted by atomic mass is 10.1. The van der Waals surface area contributed by atoms with E-state index in [4.69, 9.17) is 9.47 Å². The van der Waals surface area contributed by atoms with Gasteiger partial charge in [0.15, 0.2) is 11.5 Å². The van der Waals surface area contributed by atoms with Crippen LogP contribution in [0.25, 0.3) is 16.8 Å². The number of nitrogens with one attached hydrogen (secondary N) is 1. The number of halogens is 1. The van der Waals surface area contributed by atoms with E-state index in [2.05, 4.69) is 29.6 Å². The van der Waals surface area contributed by atoms with Crippen molar-refractivity contribution in [2.45, 2.75) is 13.5 Å². The molecule has 1 N–H and O–H groups in total. The number of hydrogen-bond donors (Lipinski definition) is 1. The Morgan fingerprint density at radius 1 is 0.925 bits per heavy atom. The van der Waals surface area contributed by atoms with Crippen LogP contribution in [-0.2, 0) is 16.2 Å². The summed E-state index contributed by atoms with van der Waals surface area (Å²) >= 11 is 0.756. The fourth-order valence-electron chi connectivity index (χ4n) is 4.16. The molecule has 0 radical (unpaired) electrons. The van der Waals surface area contributed by atoms with Crippen molar-refractivity contribution in [3.05, 3.63) is 107 Å². The summed E-state index contributed by atoms with van der Waals surface area (Å²) in [5, 5.41) is 4.29. The van der Waals surface area contributed by atoms with E-state index < -0.39 is 29.4 Å². The van der Waals surface area contributed by atoms with Gasteiger partial charge in [0, 0.05) is 5.69 Å². The highest BCUT2D eigenvalue weighted by Crippen LogP contribution is 2.35. The van der Waals surface area contributed by atoms with Gasteiger partial charge in [0.1, 0.15) is 19.0 Å². The van der Waals surface area contributed by atoms with Crippen LogP contribution in [0, 0.1) is 5.82 Å². The summed E-state index contributed by atoms with van der Waals surface area (Å²) < 4.78 is 24.9. The first kappa shape index (κ1) is 27.0. The number of imide groups is 1. The molecule has 3 amide bonds. The highest BCUT2D eigenvalue weighted by Gasteiger charge is 2.36. The lowest BCUT2D eigenvalue weighted by Gasteiger charge is -2.13. The molecule has 1 aliphatic heterocycles. The molecule has 1 aliphatic rings. The minimum absolute atomic E-state index is 0.187. The second-order valence-electron chi connectivity index (χ2n) is 8.93. The number of carbonyl (C=O) groups is 3. The first-order valence-corrected chi connectivity index (χ1v) is 13.4. The molecule has 0 spiro atoms. The number of nitrogens with zero attached hydrogens (tertiary/aromatic N) is 1. The average molecular weight is 557 g/mol. The Hall–Kier alpha value is -4.63. The molecular formula is C31H25FN2O5S. The Morgan fingerprint density at radius 3 is 2.48 bits per heavy atom. The number of ether oxygens (including phenoxy) is 2. The molecule has 4 aromatic rings. The molecular weight excluding hydrogens is 531 g/mol. The van der Waals surface area contributed by atoms with E-state index in [1.807, 2.05) is 25.1 Å². The molecule has 0 bridgehead atoms. The van der Waals surface area contributed by atoms with Crippen LogP contribution in [0.3, 0.4) is 0 Å². The van der Waals surface area contributed by atoms with Crippen LogP contribution in [0.4, 0.5) is 14.9 Å². The van der Waals surface area contributed by atoms with Crippen molar-refractivity contribution < 1.29 is 28.2 Å². The van der Waals surface area contributed by atoms with Crippen LogP contribution in [0.1, 0.15) is 18.1 Å². The van der Waals surface area contributed by atoms with Crippen LogP contribution >= 0.6 is 11.8 Å². The SMILES string of the molecule is CCOc1cc(/C=C2\SC(=O)N(CC(=O)Nc3ccc(F)cc3)C2=O)ccc1OCc1ccc2ccccc2c1. The van der Waals surface area contributed by atoms with Gasteiger partial charge in [-0.25, -0.2) is 4.39 Å². The van der Waals surface area contributed by atoms with E-state index in [0.717, 1.165) is 33.0 Å². The third-order valence-electron chi connectivity index (χ3n) is 6.08. The maximum absolute atomic E-state index is 13.1. The van der Waals surface area contributed by atoms with Crippen LogP contribution in [0.15, 0.2) is 89.8 Å². The number of anilines is 1. The molecule has 5 rings (SSSR count). The monoisotopic (exact) mass is 556 g/mol. The van der Waals surface area contributed by atoms with Gasteiger partial charge in [-0.2, -0.15) is 0 Å². The summed E-state index contributed by atoms with van der Waals surface area (Å²) in [6.07, 6.45) is 1.58. The van der Waals surface area contributed by atoms with Gasteiger partial charge in [-0.15, -0.1) is 0 Å². The Balaban J connectivity index is 1.26. The second kappa shape index (κ2) is 12.0. The standard InChI is InChI=1S/C31H25FN2O5S/c1-2-38-27-16-20(8-14-26(27)39-19-21-7-9-22-5-3-4-6-23(22)15-21)17-28-30(36)34(31(37)40-28)18-29(35)33-25-12-10-24(32)11-13-25/h3-17H,2,18-19H2,1H3,(H,33,35)/b28-17-. The van der Waals surface area contributed by atoms with Crippen molar-refractivity contribution in [1.82, 2.24) is 4.90 Å². The van der Waals surface area contributed by atoms with Gasteiger partial charge in [0.25, 0.3) is 11.1 Å². The highest BCUT2D eigenvalue weighted by molar-refractivity contribution is 8.18. The summed E-state index contributed by atoms with van der Waals surface area (Å²) in [5.74, 6) is -0.515. The van der Waals surface area contributed by atoms with Crippen molar-refractivity contribution in [3.8, 4) is 11.5 Å². The number of rotatable bonds is 9. The molecule has 1 saturated heterocycles. The quantitative estimate of drug-likeness (QED) is 0.233. The lowest BCUT2D eigenvalue weighted by molar-refractivity contribution is -0.127. The normalized spacial score (nSPS) is 14.2. The third kappa shape index (κ3) is 6.32. The molecule has 202 valence electrons. The van der Waals surface area contributed by atoms with Gasteiger partial charge < -0.3 is 14.8 Å². The van der Waals surface area contributed by atoms with Gasteiger partial charge in [-0.1, -0.05) is 42.5 Å². The molecule has 1 fully saturated rings. The van der Waals surface area contributed by atoms with Crippen molar-refractivity contribution in [1.29, 1.82) is 0 Å². The van der Waals surface area contributed by atoms with Crippen LogP contribution in [-0.4, -0.2) is 35.1 Å². The number of carbonyl (C=O) groups excluding carboxylic acids is 3. The zero-order valence-corrected chi connectivity index (χ0v) is 22.4. The average Bonchev–Trinajstić information content (AvgIpc) is 3.21. The lowest BCUT2D eigenvalue weighted by Crippen LogP contribution is -2.36. The number of benzene rings is 4. The van der Waals surface area contributed by atoms with Gasteiger partial charge in [0.05, 0.1) is 11.5 Å². The molecule has 0 aliphatic carbocycles. The maximum atomic E-state index is 13.1. The molecule has 1 heterocycles. The second-order valence-corrected chi connectivity index (χ2v) is 9.93. The largest absolute Gasteiger partial charge is 0.490 e. The van der Waals surface area contributed by atoms with E-state index in [0.29, 0.717) is 36.0 Å². The van der Waals surface area contributed by atoms with Crippen molar-refractivity contribution in [2.75, 3.05) is 18.5 Å². The van der Waals surface area contributed by atoms with E-state index in [1.54, 1.807) is 24.3 Å². The minimum Gasteiger partial charge on any atom is -0.490 e. The van der Waals surface area contributed by atoms with Gasteiger partial charge >= 0.3 is 0 Å². The Kier molecular flexibility index (Phi) is 8.12. The zero-order valence-electron chi connectivity index (χ0n) is 21.6. The molecule has 4 aromatic carbocycles. The summed E-state index contributed by atoms with van der Waals surface area (Å²) in [6, 6.07) is 24.7. The van der Waals surface area contributed by atoms with E-state index in [-0.39, 0.29) is 4.91 Å². The fraction of sp³-hybridized carbons (Fsp3) is 0.129. The molecule has 40 heavy (non-hydrogen) atoms. The van der Waals surface area contributed by atoms with E-state index >= 15 is 0 Å². The van der Waals surface area contributed by atoms with Gasteiger partial charge in [-0.05, 0) is 89.1 Å².